The van der Waals surface area contributed by atoms with Gasteiger partial charge in [-0.05, 0) is 25.5 Å². The molecule has 2 N–H and O–H groups in total. The monoisotopic (exact) mass is 381 g/mol. The Bertz CT molecular complexity index is 1340. The van der Waals surface area contributed by atoms with Crippen molar-refractivity contribution in [2.75, 3.05) is 5.73 Å². The summed E-state index contributed by atoms with van der Waals surface area (Å²) in [6.45, 7) is 4.12. The minimum Gasteiger partial charge on any atom is -0.382 e. The smallest absolute Gasteiger partial charge is 0.166 e. The van der Waals surface area contributed by atoms with Crippen molar-refractivity contribution in [2.45, 2.75) is 19.9 Å². The highest BCUT2D eigenvalue weighted by molar-refractivity contribution is 5.83. The number of imidazole rings is 1. The Labute approximate surface area is 167 Å². The lowest BCUT2D eigenvalue weighted by Crippen LogP contribution is -2.12. The fraction of sp³-hybridized carbons (Fsp3) is 0.136. The van der Waals surface area contributed by atoms with Crippen LogP contribution in [0.1, 0.15) is 24.2 Å². The van der Waals surface area contributed by atoms with Gasteiger partial charge in [-0.3, -0.25) is 0 Å². The van der Waals surface area contributed by atoms with Gasteiger partial charge in [-0.1, -0.05) is 42.5 Å². The number of aromatic nitrogens is 6. The third-order valence-corrected chi connectivity index (χ3v) is 5.17. The molecule has 5 rings (SSSR count). The minimum absolute atomic E-state index is 0.151. The van der Waals surface area contributed by atoms with E-state index in [1.165, 1.54) is 6.33 Å². The van der Waals surface area contributed by atoms with Crippen LogP contribution in [0, 0.1) is 6.92 Å². The van der Waals surface area contributed by atoms with Crippen molar-refractivity contribution >= 4 is 28.0 Å². The Kier molecular flexibility index (Phi) is 3.94. The van der Waals surface area contributed by atoms with Crippen LogP contribution in [-0.2, 0) is 0 Å². The minimum atomic E-state index is -0.151. The Morgan fingerprint density at radius 3 is 2.55 bits per heavy atom. The normalized spacial score (nSPS) is 12.5. The van der Waals surface area contributed by atoms with Gasteiger partial charge in [0.1, 0.15) is 11.8 Å². The highest BCUT2D eigenvalue weighted by Crippen LogP contribution is 2.31. The molecule has 29 heavy (non-hydrogen) atoms. The van der Waals surface area contributed by atoms with E-state index in [9.17, 15) is 0 Å². The number of nitrogens with zero attached hydrogens (tertiary/aromatic N) is 6. The van der Waals surface area contributed by atoms with E-state index in [0.29, 0.717) is 17.0 Å². The average Bonchev–Trinajstić information content (AvgIpc) is 3.19. The summed E-state index contributed by atoms with van der Waals surface area (Å²) >= 11 is 0. The number of hydrogen-bond donors (Lipinski definition) is 1. The molecule has 0 amide bonds. The first-order valence-electron chi connectivity index (χ1n) is 9.39. The number of nitrogen functional groups attached to an aromatic ring is 1. The molecule has 2 aromatic carbocycles. The predicted octanol–water partition coefficient (Wildman–Crippen LogP) is 3.94. The molecule has 0 radical (unpaired) electrons. The Morgan fingerprint density at radius 2 is 1.72 bits per heavy atom. The van der Waals surface area contributed by atoms with Crippen LogP contribution in [0.2, 0.25) is 0 Å². The number of benzene rings is 2. The van der Waals surface area contributed by atoms with Crippen LogP contribution < -0.4 is 5.73 Å². The van der Waals surface area contributed by atoms with Gasteiger partial charge in [0.15, 0.2) is 11.5 Å². The number of aryl methyl sites for hydroxylation is 1. The number of fused-ring (bicyclic) bond motifs is 2. The molecule has 0 aliphatic carbocycles. The van der Waals surface area contributed by atoms with E-state index < -0.39 is 0 Å². The lowest BCUT2D eigenvalue weighted by molar-refractivity contribution is 0.634. The lowest BCUT2D eigenvalue weighted by Gasteiger charge is -2.18. The zero-order valence-corrected chi connectivity index (χ0v) is 16.1. The molecular weight excluding hydrogens is 362 g/mol. The van der Waals surface area contributed by atoms with E-state index in [1.54, 1.807) is 6.33 Å². The molecule has 3 heterocycles. The van der Waals surface area contributed by atoms with Gasteiger partial charge in [-0.15, -0.1) is 0 Å². The molecule has 0 aliphatic heterocycles. The maximum Gasteiger partial charge on any atom is 0.166 e. The number of anilines is 1. The van der Waals surface area contributed by atoms with E-state index in [4.69, 9.17) is 15.7 Å². The van der Waals surface area contributed by atoms with E-state index in [2.05, 4.69) is 47.0 Å². The van der Waals surface area contributed by atoms with Crippen LogP contribution in [0.5, 0.6) is 0 Å². The van der Waals surface area contributed by atoms with E-state index in [-0.39, 0.29) is 6.04 Å². The summed E-state index contributed by atoms with van der Waals surface area (Å²) in [5.74, 6) is 0.365. The van der Waals surface area contributed by atoms with Crippen molar-refractivity contribution < 1.29 is 0 Å². The number of hydrogen-bond acceptors (Lipinski definition) is 6. The Morgan fingerprint density at radius 1 is 0.897 bits per heavy atom. The molecule has 1 atom stereocenters. The van der Waals surface area contributed by atoms with Crippen molar-refractivity contribution in [3.05, 3.63) is 72.4 Å². The summed E-state index contributed by atoms with van der Waals surface area (Å²) < 4.78 is 1.96. The quantitative estimate of drug-likeness (QED) is 0.509. The predicted molar refractivity (Wildman–Crippen MR) is 113 cm³/mol. The molecule has 0 saturated carbocycles. The van der Waals surface area contributed by atoms with Gasteiger partial charge in [0.25, 0.3) is 0 Å². The van der Waals surface area contributed by atoms with Gasteiger partial charge in [0.2, 0.25) is 0 Å². The van der Waals surface area contributed by atoms with Crippen LogP contribution in [0.25, 0.3) is 33.5 Å². The topological polar surface area (TPSA) is 95.4 Å². The SMILES string of the molecule is Cc1cccc2nc(C(C)n3cnc4c(N)ncnc43)c(-c3ccccc3)nc12. The number of rotatable bonds is 3. The molecule has 0 spiro atoms. The summed E-state index contributed by atoms with van der Waals surface area (Å²) in [5, 5.41) is 0. The number of nitrogens with two attached hydrogens (primary N) is 1. The first kappa shape index (κ1) is 17.2. The summed E-state index contributed by atoms with van der Waals surface area (Å²) in [6, 6.07) is 16.0. The van der Waals surface area contributed by atoms with Gasteiger partial charge < -0.3 is 10.3 Å². The van der Waals surface area contributed by atoms with Gasteiger partial charge in [0, 0.05) is 5.56 Å². The van der Waals surface area contributed by atoms with Crippen LogP contribution >= 0.6 is 0 Å². The summed E-state index contributed by atoms with van der Waals surface area (Å²) in [7, 11) is 0. The molecule has 0 saturated heterocycles. The van der Waals surface area contributed by atoms with Gasteiger partial charge >= 0.3 is 0 Å². The van der Waals surface area contributed by atoms with Crippen LogP contribution in [-0.4, -0.2) is 29.5 Å². The largest absolute Gasteiger partial charge is 0.382 e. The first-order valence-corrected chi connectivity index (χ1v) is 9.39. The lowest BCUT2D eigenvalue weighted by atomic mass is 10.0. The molecule has 5 aromatic rings. The fourth-order valence-electron chi connectivity index (χ4n) is 3.62. The summed E-state index contributed by atoms with van der Waals surface area (Å²) in [4.78, 5) is 22.9. The molecule has 1 unspecified atom stereocenters. The number of para-hydroxylation sites is 1. The fourth-order valence-corrected chi connectivity index (χ4v) is 3.62. The van der Waals surface area contributed by atoms with Crippen molar-refractivity contribution in [3.8, 4) is 11.3 Å². The summed E-state index contributed by atoms with van der Waals surface area (Å²) in [6.07, 6.45) is 3.19. The molecule has 142 valence electrons. The molecular formula is C22H19N7. The van der Waals surface area contributed by atoms with Gasteiger partial charge in [-0.2, -0.15) is 0 Å². The Balaban J connectivity index is 1.77. The second-order valence-corrected chi connectivity index (χ2v) is 7.03. The Hall–Kier alpha value is -3.87. The van der Waals surface area contributed by atoms with E-state index in [0.717, 1.165) is 33.5 Å². The van der Waals surface area contributed by atoms with Crippen LogP contribution in [0.4, 0.5) is 5.82 Å². The summed E-state index contributed by atoms with van der Waals surface area (Å²) in [5.41, 5.74) is 12.8. The molecule has 7 heteroatoms. The maximum atomic E-state index is 5.97. The standard InChI is InChI=1S/C22H19N7/c1-13-7-6-10-16-17(13)28-19(15-8-4-3-5-9-15)18(27-16)14(2)29-12-26-20-21(23)24-11-25-22(20)29/h3-12,14H,1-2H3,(H2,23,24,25). The first-order chi connectivity index (χ1) is 14.1. The van der Waals surface area contributed by atoms with Crippen LogP contribution in [0.15, 0.2) is 61.2 Å². The molecule has 0 aliphatic rings. The average molecular weight is 381 g/mol. The maximum absolute atomic E-state index is 5.97. The van der Waals surface area contributed by atoms with Crippen molar-refractivity contribution in [2.24, 2.45) is 0 Å². The molecule has 3 aromatic heterocycles. The van der Waals surface area contributed by atoms with Crippen molar-refractivity contribution in [1.29, 1.82) is 0 Å². The molecule has 7 nitrogen and oxygen atoms in total. The van der Waals surface area contributed by atoms with Gasteiger partial charge in [-0.25, -0.2) is 24.9 Å². The van der Waals surface area contributed by atoms with Crippen LogP contribution in [0.3, 0.4) is 0 Å². The highest BCUT2D eigenvalue weighted by Gasteiger charge is 2.21. The van der Waals surface area contributed by atoms with Crippen molar-refractivity contribution in [1.82, 2.24) is 29.5 Å². The zero-order chi connectivity index (χ0) is 20.0. The highest BCUT2D eigenvalue weighted by atomic mass is 15.2. The van der Waals surface area contributed by atoms with Crippen molar-refractivity contribution in [3.63, 3.8) is 0 Å². The molecule has 0 fully saturated rings. The third-order valence-electron chi connectivity index (χ3n) is 5.17. The second kappa shape index (κ2) is 6.63. The van der Waals surface area contributed by atoms with E-state index >= 15 is 0 Å². The van der Waals surface area contributed by atoms with E-state index in [1.807, 2.05) is 34.9 Å². The third kappa shape index (κ3) is 2.79. The molecule has 0 bridgehead atoms. The van der Waals surface area contributed by atoms with Gasteiger partial charge in [0.05, 0.1) is 34.8 Å². The second-order valence-electron chi connectivity index (χ2n) is 7.03. The zero-order valence-electron chi connectivity index (χ0n) is 16.1.